The fourth-order valence-corrected chi connectivity index (χ4v) is 0.620. The molecule has 0 saturated carbocycles. The van der Waals surface area contributed by atoms with E-state index in [2.05, 4.69) is 4.74 Å². The van der Waals surface area contributed by atoms with Gasteiger partial charge in [-0.3, -0.25) is 4.79 Å². The van der Waals surface area contributed by atoms with Crippen LogP contribution >= 0.6 is 0 Å². The van der Waals surface area contributed by atoms with Crippen LogP contribution in [0.4, 0.5) is 0 Å². The van der Waals surface area contributed by atoms with Crippen LogP contribution in [0.3, 0.4) is 0 Å². The number of carbonyl (C=O) groups excluding carboxylic acids is 1. The summed E-state index contributed by atoms with van der Waals surface area (Å²) in [7, 11) is 0. The SMILES string of the molecule is CCCCC(C#N)OC=O. The molecule has 0 aliphatic heterocycles. The minimum Gasteiger partial charge on any atom is -0.449 e. The number of hydrogen-bond donors (Lipinski definition) is 0. The second kappa shape index (κ2) is 6.09. The first-order chi connectivity index (χ1) is 4.85. The molecule has 3 nitrogen and oxygen atoms in total. The number of nitrogens with zero attached hydrogens (tertiary/aromatic N) is 1. The van der Waals surface area contributed by atoms with Crippen LogP contribution in [0.25, 0.3) is 0 Å². The lowest BCUT2D eigenvalue weighted by atomic mass is 10.2. The molecule has 0 bridgehead atoms. The molecule has 0 rings (SSSR count). The standard InChI is InChI=1S/C7H11NO2/c1-2-3-4-7(5-8)10-6-9/h6-7H,2-4H2,1H3. The maximum Gasteiger partial charge on any atom is 0.294 e. The number of unbranched alkanes of at least 4 members (excludes halogenated alkanes) is 1. The molecule has 0 aromatic heterocycles. The molecule has 0 aromatic rings. The van der Waals surface area contributed by atoms with Crippen molar-refractivity contribution in [3.63, 3.8) is 0 Å². The molecule has 1 atom stereocenters. The van der Waals surface area contributed by atoms with E-state index in [9.17, 15) is 4.79 Å². The van der Waals surface area contributed by atoms with Crippen molar-refractivity contribution in [1.29, 1.82) is 5.26 Å². The number of rotatable bonds is 5. The first kappa shape index (κ1) is 8.96. The lowest BCUT2D eigenvalue weighted by molar-refractivity contribution is -0.131. The largest absolute Gasteiger partial charge is 0.449 e. The lowest BCUT2D eigenvalue weighted by Crippen LogP contribution is -2.08. The van der Waals surface area contributed by atoms with Crippen molar-refractivity contribution in [1.82, 2.24) is 0 Å². The highest BCUT2D eigenvalue weighted by Gasteiger charge is 2.04. The zero-order valence-corrected chi connectivity index (χ0v) is 6.04. The third kappa shape index (κ3) is 3.90. The van der Waals surface area contributed by atoms with Gasteiger partial charge >= 0.3 is 0 Å². The van der Waals surface area contributed by atoms with Crippen LogP contribution in [0.1, 0.15) is 26.2 Å². The van der Waals surface area contributed by atoms with E-state index >= 15 is 0 Å². The van der Waals surface area contributed by atoms with Gasteiger partial charge in [0.2, 0.25) is 0 Å². The van der Waals surface area contributed by atoms with Crippen molar-refractivity contribution < 1.29 is 9.53 Å². The number of nitriles is 1. The van der Waals surface area contributed by atoms with E-state index in [1.165, 1.54) is 0 Å². The Kier molecular flexibility index (Phi) is 5.45. The molecule has 1 unspecified atom stereocenters. The molecule has 0 amide bonds. The summed E-state index contributed by atoms with van der Waals surface area (Å²) in [5, 5.41) is 8.35. The number of carbonyl (C=O) groups is 1. The summed E-state index contributed by atoms with van der Waals surface area (Å²) in [6.07, 6.45) is 2.04. The fraction of sp³-hybridized carbons (Fsp3) is 0.714. The molecule has 0 N–H and O–H groups in total. The predicted octanol–water partition coefficient (Wildman–Crippen LogP) is 1.24. The summed E-state index contributed by atoms with van der Waals surface area (Å²) in [6.45, 7) is 2.35. The van der Waals surface area contributed by atoms with Gasteiger partial charge in [0, 0.05) is 0 Å². The van der Waals surface area contributed by atoms with Gasteiger partial charge in [-0.05, 0) is 12.8 Å². The van der Waals surface area contributed by atoms with Gasteiger partial charge in [-0.2, -0.15) is 5.26 Å². The third-order valence-electron chi connectivity index (χ3n) is 1.18. The predicted molar refractivity (Wildman–Crippen MR) is 36.1 cm³/mol. The van der Waals surface area contributed by atoms with E-state index in [0.717, 1.165) is 12.8 Å². The lowest BCUT2D eigenvalue weighted by Gasteiger charge is -2.03. The summed E-state index contributed by atoms with van der Waals surface area (Å²) >= 11 is 0. The van der Waals surface area contributed by atoms with E-state index in [1.807, 2.05) is 13.0 Å². The summed E-state index contributed by atoms with van der Waals surface area (Å²) in [6, 6.07) is 1.88. The van der Waals surface area contributed by atoms with Crippen LogP contribution in [0, 0.1) is 11.3 Å². The van der Waals surface area contributed by atoms with E-state index in [1.54, 1.807) is 0 Å². The van der Waals surface area contributed by atoms with E-state index in [0.29, 0.717) is 12.9 Å². The third-order valence-corrected chi connectivity index (χ3v) is 1.18. The van der Waals surface area contributed by atoms with Gasteiger partial charge in [0.25, 0.3) is 6.47 Å². The second-order valence-corrected chi connectivity index (χ2v) is 1.99. The first-order valence-corrected chi connectivity index (χ1v) is 3.33. The summed E-state index contributed by atoms with van der Waals surface area (Å²) in [5.74, 6) is 0. The maximum atomic E-state index is 9.76. The van der Waals surface area contributed by atoms with Gasteiger partial charge in [0.1, 0.15) is 6.07 Å². The Morgan fingerprint density at radius 2 is 2.50 bits per heavy atom. The minimum absolute atomic E-state index is 0.323. The van der Waals surface area contributed by atoms with Crippen molar-refractivity contribution in [2.75, 3.05) is 0 Å². The number of hydrogen-bond acceptors (Lipinski definition) is 3. The highest BCUT2D eigenvalue weighted by atomic mass is 16.5. The fourth-order valence-electron chi connectivity index (χ4n) is 0.620. The average molecular weight is 141 g/mol. The molecule has 3 heteroatoms. The second-order valence-electron chi connectivity index (χ2n) is 1.99. The van der Waals surface area contributed by atoms with Crippen molar-refractivity contribution in [2.45, 2.75) is 32.3 Å². The summed E-state index contributed by atoms with van der Waals surface area (Å²) in [4.78, 5) is 9.76. The molecular weight excluding hydrogens is 130 g/mol. The van der Waals surface area contributed by atoms with Gasteiger partial charge in [0.05, 0.1) is 0 Å². The van der Waals surface area contributed by atoms with Crippen LogP contribution in [0.5, 0.6) is 0 Å². The monoisotopic (exact) mass is 141 g/mol. The van der Waals surface area contributed by atoms with Gasteiger partial charge in [-0.1, -0.05) is 13.3 Å². The summed E-state index contributed by atoms with van der Waals surface area (Å²) < 4.78 is 4.45. The Morgan fingerprint density at radius 1 is 1.80 bits per heavy atom. The molecule has 0 spiro atoms. The minimum atomic E-state index is -0.544. The topological polar surface area (TPSA) is 50.1 Å². The zero-order valence-electron chi connectivity index (χ0n) is 6.04. The molecule has 0 saturated heterocycles. The Hall–Kier alpha value is -1.04. The molecule has 10 heavy (non-hydrogen) atoms. The van der Waals surface area contributed by atoms with Crippen molar-refractivity contribution in [2.24, 2.45) is 0 Å². The van der Waals surface area contributed by atoms with Gasteiger partial charge in [-0.15, -0.1) is 0 Å². The van der Waals surface area contributed by atoms with Crippen LogP contribution in [-0.4, -0.2) is 12.6 Å². The Bertz CT molecular complexity index is 128. The maximum absolute atomic E-state index is 9.76. The van der Waals surface area contributed by atoms with Crippen LogP contribution in [0.15, 0.2) is 0 Å². The Morgan fingerprint density at radius 3 is 2.90 bits per heavy atom. The highest BCUT2D eigenvalue weighted by molar-refractivity contribution is 5.38. The molecule has 0 aliphatic rings. The Labute approximate surface area is 60.6 Å². The quantitative estimate of drug-likeness (QED) is 0.541. The van der Waals surface area contributed by atoms with Gasteiger partial charge < -0.3 is 4.74 Å². The molecule has 56 valence electrons. The molecular formula is C7H11NO2. The normalized spacial score (nSPS) is 11.6. The first-order valence-electron chi connectivity index (χ1n) is 3.33. The van der Waals surface area contributed by atoms with Crippen molar-refractivity contribution in [3.05, 3.63) is 0 Å². The van der Waals surface area contributed by atoms with E-state index in [4.69, 9.17) is 5.26 Å². The highest BCUT2D eigenvalue weighted by Crippen LogP contribution is 2.01. The average Bonchev–Trinajstić information content (AvgIpc) is 1.98. The van der Waals surface area contributed by atoms with Crippen molar-refractivity contribution >= 4 is 6.47 Å². The molecule has 0 radical (unpaired) electrons. The van der Waals surface area contributed by atoms with Crippen LogP contribution < -0.4 is 0 Å². The van der Waals surface area contributed by atoms with Crippen molar-refractivity contribution in [3.8, 4) is 6.07 Å². The molecule has 0 fully saturated rings. The van der Waals surface area contributed by atoms with Crippen LogP contribution in [0.2, 0.25) is 0 Å². The Balaban J connectivity index is 3.42. The van der Waals surface area contributed by atoms with Gasteiger partial charge in [-0.25, -0.2) is 0 Å². The molecule has 0 aliphatic carbocycles. The summed E-state index contributed by atoms with van der Waals surface area (Å²) in [5.41, 5.74) is 0. The van der Waals surface area contributed by atoms with E-state index < -0.39 is 6.10 Å². The number of ether oxygens (including phenoxy) is 1. The molecule has 0 aromatic carbocycles. The molecule has 0 heterocycles. The smallest absolute Gasteiger partial charge is 0.294 e. The van der Waals surface area contributed by atoms with E-state index in [-0.39, 0.29) is 0 Å². The zero-order chi connectivity index (χ0) is 7.82. The van der Waals surface area contributed by atoms with Crippen LogP contribution in [-0.2, 0) is 9.53 Å². The van der Waals surface area contributed by atoms with Gasteiger partial charge in [0.15, 0.2) is 6.10 Å².